The normalized spacial score (nSPS) is 13.0. The van der Waals surface area contributed by atoms with Gasteiger partial charge in [0.1, 0.15) is 11.1 Å². The lowest BCUT2D eigenvalue weighted by Crippen LogP contribution is -2.24. The quantitative estimate of drug-likeness (QED) is 0.449. The maximum Gasteiger partial charge on any atom is 0.341 e. The topological polar surface area (TPSA) is 126 Å². The minimum absolute atomic E-state index is 0.0535. The molecule has 0 saturated carbocycles. The third kappa shape index (κ3) is 4.27. The van der Waals surface area contributed by atoms with Crippen molar-refractivity contribution in [3.63, 3.8) is 0 Å². The van der Waals surface area contributed by atoms with Crippen LogP contribution in [-0.2, 0) is 9.53 Å². The van der Waals surface area contributed by atoms with Gasteiger partial charge in [0, 0.05) is 25.2 Å². The summed E-state index contributed by atoms with van der Waals surface area (Å²) in [6, 6.07) is 7.56. The second kappa shape index (κ2) is 8.49. The van der Waals surface area contributed by atoms with Gasteiger partial charge in [0.2, 0.25) is 0 Å². The summed E-state index contributed by atoms with van der Waals surface area (Å²) < 4.78 is 5.07. The molecule has 1 fully saturated rings. The van der Waals surface area contributed by atoms with Crippen molar-refractivity contribution in [2.24, 2.45) is 0 Å². The van der Waals surface area contributed by atoms with Gasteiger partial charge in [-0.25, -0.2) is 4.79 Å². The van der Waals surface area contributed by atoms with Crippen LogP contribution in [0.1, 0.15) is 28.8 Å². The van der Waals surface area contributed by atoms with Crippen LogP contribution in [0.5, 0.6) is 0 Å². The van der Waals surface area contributed by atoms with Gasteiger partial charge >= 0.3 is 5.97 Å². The van der Waals surface area contributed by atoms with Crippen LogP contribution in [0.2, 0.25) is 0 Å². The number of nitrogens with one attached hydrogen (secondary N) is 1. The van der Waals surface area contributed by atoms with E-state index in [1.807, 2.05) is 11.0 Å². The number of hydrogen-bond donors (Lipinski definition) is 1. The summed E-state index contributed by atoms with van der Waals surface area (Å²) in [6.07, 6.45) is 1.94. The van der Waals surface area contributed by atoms with Crippen molar-refractivity contribution < 1.29 is 19.2 Å². The molecule has 0 atom stereocenters. The molecule has 1 aromatic heterocycles. The number of nitro groups is 1. The van der Waals surface area contributed by atoms with E-state index in [2.05, 4.69) is 5.32 Å². The second-order valence-corrected chi connectivity index (χ2v) is 6.97. The van der Waals surface area contributed by atoms with Crippen LogP contribution in [0.4, 0.5) is 16.4 Å². The van der Waals surface area contributed by atoms with E-state index in [4.69, 9.17) is 10.00 Å². The molecule has 0 bridgehead atoms. The number of carbonyl (C=O) groups is 2. The van der Waals surface area contributed by atoms with E-state index in [9.17, 15) is 19.7 Å². The van der Waals surface area contributed by atoms with Gasteiger partial charge in [-0.3, -0.25) is 14.9 Å². The van der Waals surface area contributed by atoms with Gasteiger partial charge in [-0.2, -0.15) is 5.26 Å². The average molecular weight is 400 g/mol. The fourth-order valence-electron chi connectivity index (χ4n) is 2.90. The zero-order valence-corrected chi connectivity index (χ0v) is 15.5. The van der Waals surface area contributed by atoms with E-state index in [-0.39, 0.29) is 11.3 Å². The summed E-state index contributed by atoms with van der Waals surface area (Å²) in [5, 5.41) is 24.6. The third-order valence-electron chi connectivity index (χ3n) is 4.23. The monoisotopic (exact) mass is 400 g/mol. The Kier molecular flexibility index (Phi) is 5.86. The number of nitro benzene ring substituents is 1. The number of esters is 1. The number of amides is 1. The molecule has 144 valence electrons. The number of ether oxygens (including phenoxy) is 1. The zero-order chi connectivity index (χ0) is 20.1. The SMILES string of the molecule is N#Cc1ccsc1NC(=O)COC(=O)c1cc([N+](=O)[O-])ccc1N1CCCC1. The molecule has 0 unspecified atom stereocenters. The molecule has 3 rings (SSSR count). The third-order valence-corrected chi connectivity index (χ3v) is 5.06. The van der Waals surface area contributed by atoms with Crippen molar-refractivity contribution >= 4 is 39.6 Å². The Morgan fingerprint density at radius 3 is 2.75 bits per heavy atom. The summed E-state index contributed by atoms with van der Waals surface area (Å²) >= 11 is 1.18. The van der Waals surface area contributed by atoms with Crippen molar-refractivity contribution in [2.45, 2.75) is 12.8 Å². The molecule has 0 aliphatic carbocycles. The lowest BCUT2D eigenvalue weighted by atomic mass is 10.1. The molecular formula is C18H16N4O5S. The van der Waals surface area contributed by atoms with Gasteiger partial charge < -0.3 is 15.0 Å². The van der Waals surface area contributed by atoms with Crippen molar-refractivity contribution in [1.29, 1.82) is 5.26 Å². The fraction of sp³-hybridized carbons (Fsp3) is 0.278. The molecule has 10 heteroatoms. The standard InChI is InChI=1S/C18H16N4O5S/c19-10-12-5-8-28-17(12)20-16(23)11-27-18(24)14-9-13(22(25)26)3-4-15(14)21-6-1-2-7-21/h3-5,8-9H,1-2,6-7,11H2,(H,20,23). The van der Waals surface area contributed by atoms with E-state index < -0.39 is 23.4 Å². The van der Waals surface area contributed by atoms with Crippen LogP contribution in [0.15, 0.2) is 29.6 Å². The number of nitriles is 1. The zero-order valence-electron chi connectivity index (χ0n) is 14.7. The molecule has 1 N–H and O–H groups in total. The number of carbonyl (C=O) groups excluding carboxylic acids is 2. The summed E-state index contributed by atoms with van der Waals surface area (Å²) in [6.45, 7) is 0.922. The van der Waals surface area contributed by atoms with Crippen LogP contribution in [0, 0.1) is 21.4 Å². The molecule has 0 radical (unpaired) electrons. The van der Waals surface area contributed by atoms with Crippen molar-refractivity contribution in [1.82, 2.24) is 0 Å². The van der Waals surface area contributed by atoms with Crippen LogP contribution >= 0.6 is 11.3 Å². The molecular weight excluding hydrogens is 384 g/mol. The van der Waals surface area contributed by atoms with Gasteiger partial charge in [0.15, 0.2) is 6.61 Å². The lowest BCUT2D eigenvalue weighted by Gasteiger charge is -2.20. The van der Waals surface area contributed by atoms with E-state index in [1.165, 1.54) is 29.5 Å². The highest BCUT2D eigenvalue weighted by Gasteiger charge is 2.24. The molecule has 1 aliphatic rings. The van der Waals surface area contributed by atoms with Gasteiger partial charge in [-0.15, -0.1) is 11.3 Å². The second-order valence-electron chi connectivity index (χ2n) is 6.05. The fourth-order valence-corrected chi connectivity index (χ4v) is 3.65. The van der Waals surface area contributed by atoms with Crippen LogP contribution in [-0.4, -0.2) is 36.5 Å². The van der Waals surface area contributed by atoms with Gasteiger partial charge in [0.05, 0.1) is 21.7 Å². The van der Waals surface area contributed by atoms with E-state index in [1.54, 1.807) is 11.4 Å². The first-order valence-electron chi connectivity index (χ1n) is 8.47. The minimum Gasteiger partial charge on any atom is -0.452 e. The number of benzene rings is 1. The highest BCUT2D eigenvalue weighted by molar-refractivity contribution is 7.14. The molecule has 1 aliphatic heterocycles. The summed E-state index contributed by atoms with van der Waals surface area (Å²) in [4.78, 5) is 37.0. The molecule has 0 spiro atoms. The predicted molar refractivity (Wildman–Crippen MR) is 102 cm³/mol. The van der Waals surface area contributed by atoms with Crippen LogP contribution in [0.25, 0.3) is 0 Å². The Labute approximate surface area is 164 Å². The van der Waals surface area contributed by atoms with E-state index in [0.717, 1.165) is 25.9 Å². The largest absolute Gasteiger partial charge is 0.452 e. The molecule has 1 saturated heterocycles. The molecule has 1 aromatic carbocycles. The van der Waals surface area contributed by atoms with Crippen molar-refractivity contribution in [2.75, 3.05) is 29.9 Å². The number of non-ortho nitro benzene ring substituents is 1. The number of anilines is 2. The molecule has 1 amide bonds. The van der Waals surface area contributed by atoms with Gasteiger partial charge in [0.25, 0.3) is 11.6 Å². The Hall–Kier alpha value is -3.45. The van der Waals surface area contributed by atoms with Crippen molar-refractivity contribution in [3.05, 3.63) is 50.9 Å². The lowest BCUT2D eigenvalue weighted by molar-refractivity contribution is -0.384. The smallest absolute Gasteiger partial charge is 0.341 e. The first-order valence-corrected chi connectivity index (χ1v) is 9.35. The predicted octanol–water partition coefficient (Wildman–Crippen LogP) is 2.92. The summed E-state index contributed by atoms with van der Waals surface area (Å²) in [7, 11) is 0. The van der Waals surface area contributed by atoms with E-state index >= 15 is 0 Å². The highest BCUT2D eigenvalue weighted by atomic mass is 32.1. The minimum atomic E-state index is -0.813. The molecule has 2 heterocycles. The van der Waals surface area contributed by atoms with E-state index in [0.29, 0.717) is 16.3 Å². The molecule has 2 aromatic rings. The summed E-state index contributed by atoms with van der Waals surface area (Å²) in [5.41, 5.74) is 0.701. The maximum atomic E-state index is 12.5. The van der Waals surface area contributed by atoms with Gasteiger partial charge in [-0.1, -0.05) is 0 Å². The first kappa shape index (κ1) is 19.3. The number of nitrogens with zero attached hydrogens (tertiary/aromatic N) is 3. The van der Waals surface area contributed by atoms with Crippen molar-refractivity contribution in [3.8, 4) is 6.07 Å². The highest BCUT2D eigenvalue weighted by Crippen LogP contribution is 2.29. The molecule has 9 nitrogen and oxygen atoms in total. The number of rotatable bonds is 6. The molecule has 28 heavy (non-hydrogen) atoms. The Balaban J connectivity index is 1.72. The maximum absolute atomic E-state index is 12.5. The van der Waals surface area contributed by atoms with Crippen LogP contribution in [0.3, 0.4) is 0 Å². The first-order chi connectivity index (χ1) is 13.5. The number of thiophene rings is 1. The Morgan fingerprint density at radius 2 is 2.07 bits per heavy atom. The van der Waals surface area contributed by atoms with Crippen LogP contribution < -0.4 is 10.2 Å². The Bertz CT molecular complexity index is 959. The Morgan fingerprint density at radius 1 is 1.32 bits per heavy atom. The van der Waals surface area contributed by atoms with Gasteiger partial charge in [-0.05, 0) is 30.4 Å². The average Bonchev–Trinajstić information content (AvgIpc) is 3.37. The summed E-state index contributed by atoms with van der Waals surface area (Å²) in [5.74, 6) is -1.41. The number of hydrogen-bond acceptors (Lipinski definition) is 8.